The summed E-state index contributed by atoms with van der Waals surface area (Å²) >= 11 is 3.52. The van der Waals surface area contributed by atoms with Gasteiger partial charge in [-0.15, -0.1) is 24.0 Å². The van der Waals surface area contributed by atoms with Crippen LogP contribution in [0.3, 0.4) is 0 Å². The fourth-order valence-electron chi connectivity index (χ4n) is 4.65. The smallest absolute Gasteiger partial charge is 0.193 e. The first kappa shape index (κ1) is 20.2. The average Bonchev–Trinajstić information content (AvgIpc) is 3.23. The van der Waals surface area contributed by atoms with Gasteiger partial charge in [0, 0.05) is 49.9 Å². The number of halogens is 2. The normalized spacial score (nSPS) is 24.5. The van der Waals surface area contributed by atoms with E-state index in [-0.39, 0.29) is 24.0 Å². The summed E-state index contributed by atoms with van der Waals surface area (Å²) in [5.74, 6) is 1.81. The minimum absolute atomic E-state index is 0. The number of rotatable bonds is 3. The van der Waals surface area contributed by atoms with Crippen LogP contribution in [-0.2, 0) is 0 Å². The Labute approximate surface area is 182 Å². The van der Waals surface area contributed by atoms with Crippen molar-refractivity contribution in [2.45, 2.75) is 32.1 Å². The van der Waals surface area contributed by atoms with Crippen molar-refractivity contribution in [3.63, 3.8) is 0 Å². The molecule has 26 heavy (non-hydrogen) atoms. The molecule has 4 nitrogen and oxygen atoms in total. The average molecular weight is 533 g/mol. The lowest BCUT2D eigenvalue weighted by Gasteiger charge is -2.38. The van der Waals surface area contributed by atoms with E-state index >= 15 is 0 Å². The molecule has 3 aliphatic rings. The van der Waals surface area contributed by atoms with Crippen LogP contribution in [-0.4, -0.2) is 50.6 Å². The zero-order valence-electron chi connectivity index (χ0n) is 15.6. The van der Waals surface area contributed by atoms with Gasteiger partial charge in [0.05, 0.1) is 0 Å². The highest BCUT2D eigenvalue weighted by molar-refractivity contribution is 14.0. The van der Waals surface area contributed by atoms with E-state index in [1.165, 1.54) is 50.9 Å². The van der Waals surface area contributed by atoms with E-state index in [0.717, 1.165) is 30.1 Å². The zero-order valence-corrected chi connectivity index (χ0v) is 19.5. The molecule has 2 heterocycles. The van der Waals surface area contributed by atoms with Crippen molar-refractivity contribution in [1.82, 2.24) is 10.2 Å². The summed E-state index contributed by atoms with van der Waals surface area (Å²) in [4.78, 5) is 9.54. The first-order valence-electron chi connectivity index (χ1n) is 9.64. The van der Waals surface area contributed by atoms with Crippen LogP contribution >= 0.6 is 39.9 Å². The van der Waals surface area contributed by atoms with Gasteiger partial charge in [-0.25, -0.2) is 0 Å². The topological polar surface area (TPSA) is 30.9 Å². The molecule has 1 aromatic rings. The molecule has 1 unspecified atom stereocenters. The van der Waals surface area contributed by atoms with Gasteiger partial charge in [-0.1, -0.05) is 22.4 Å². The number of nitrogens with zero attached hydrogens (tertiary/aromatic N) is 3. The van der Waals surface area contributed by atoms with E-state index in [4.69, 9.17) is 0 Å². The minimum Gasteiger partial charge on any atom is -0.371 e. The van der Waals surface area contributed by atoms with Crippen LogP contribution < -0.4 is 10.2 Å². The Morgan fingerprint density at radius 1 is 1.23 bits per heavy atom. The molecule has 0 bridgehead atoms. The standard InChI is InChI=1S/C20H29BrN4.HI/c1-22-19(25-12-10-20(15-25)8-2-9-20)23-13-16-7-11-24(14-16)18-5-3-17(21)4-6-18;/h3-6,16H,2,7-15H2,1H3,(H,22,23);1H. The number of hydrogen-bond donors (Lipinski definition) is 1. The number of guanidine groups is 1. The Bertz CT molecular complexity index is 629. The third-order valence-electron chi connectivity index (χ3n) is 6.39. The Morgan fingerprint density at radius 3 is 2.62 bits per heavy atom. The first-order valence-corrected chi connectivity index (χ1v) is 10.4. The minimum atomic E-state index is 0. The van der Waals surface area contributed by atoms with Crippen LogP contribution in [0.1, 0.15) is 32.1 Å². The van der Waals surface area contributed by atoms with E-state index in [1.54, 1.807) is 0 Å². The Hall–Kier alpha value is -0.500. The number of hydrogen-bond acceptors (Lipinski definition) is 2. The first-order chi connectivity index (χ1) is 12.2. The fraction of sp³-hybridized carbons (Fsp3) is 0.650. The number of nitrogens with one attached hydrogen (secondary N) is 1. The van der Waals surface area contributed by atoms with E-state index in [1.807, 2.05) is 7.05 Å². The van der Waals surface area contributed by atoms with Crippen molar-refractivity contribution >= 4 is 51.6 Å². The quantitative estimate of drug-likeness (QED) is 0.357. The molecule has 2 aliphatic heterocycles. The van der Waals surface area contributed by atoms with Gasteiger partial charge in [0.25, 0.3) is 0 Å². The second-order valence-electron chi connectivity index (χ2n) is 8.03. The molecule has 3 fully saturated rings. The van der Waals surface area contributed by atoms with Crippen molar-refractivity contribution < 1.29 is 0 Å². The number of aliphatic imine (C=N–C) groups is 1. The number of benzene rings is 1. The third-order valence-corrected chi connectivity index (χ3v) is 6.92. The molecule has 6 heteroatoms. The van der Waals surface area contributed by atoms with Crippen molar-refractivity contribution in [3.05, 3.63) is 28.7 Å². The van der Waals surface area contributed by atoms with Crippen molar-refractivity contribution in [2.24, 2.45) is 16.3 Å². The predicted octanol–water partition coefficient (Wildman–Crippen LogP) is 4.34. The predicted molar refractivity (Wildman–Crippen MR) is 124 cm³/mol. The Kier molecular flexibility index (Phi) is 6.75. The second kappa shape index (κ2) is 8.67. The summed E-state index contributed by atoms with van der Waals surface area (Å²) in [7, 11) is 1.93. The molecule has 0 radical (unpaired) electrons. The molecule has 1 atom stereocenters. The molecule has 0 aromatic heterocycles. The maximum Gasteiger partial charge on any atom is 0.193 e. The summed E-state index contributed by atoms with van der Waals surface area (Å²) in [6.07, 6.45) is 6.88. The molecule has 1 saturated carbocycles. The van der Waals surface area contributed by atoms with Crippen LogP contribution in [0.2, 0.25) is 0 Å². The summed E-state index contributed by atoms with van der Waals surface area (Å²) in [5, 5.41) is 3.66. The zero-order chi connectivity index (χ0) is 17.3. The highest BCUT2D eigenvalue weighted by Gasteiger charge is 2.43. The molecule has 144 valence electrons. The Balaban J connectivity index is 0.00000196. The van der Waals surface area contributed by atoms with Crippen molar-refractivity contribution in [3.8, 4) is 0 Å². The maximum atomic E-state index is 4.55. The van der Waals surface area contributed by atoms with E-state index in [9.17, 15) is 0 Å². The molecular formula is C20H30BrIN4. The van der Waals surface area contributed by atoms with Crippen molar-refractivity contribution in [1.29, 1.82) is 0 Å². The monoisotopic (exact) mass is 532 g/mol. The van der Waals surface area contributed by atoms with Crippen LogP contribution in [0.4, 0.5) is 5.69 Å². The third kappa shape index (κ3) is 4.32. The highest BCUT2D eigenvalue weighted by atomic mass is 127. The lowest BCUT2D eigenvalue weighted by molar-refractivity contribution is 0.151. The number of likely N-dealkylation sites (tertiary alicyclic amines) is 1. The van der Waals surface area contributed by atoms with Gasteiger partial charge in [0.2, 0.25) is 0 Å². The molecule has 1 spiro atoms. The maximum absolute atomic E-state index is 4.55. The lowest BCUT2D eigenvalue weighted by atomic mass is 9.68. The molecular weight excluding hydrogens is 503 g/mol. The van der Waals surface area contributed by atoms with Gasteiger partial charge < -0.3 is 15.1 Å². The summed E-state index contributed by atoms with van der Waals surface area (Å²) in [6, 6.07) is 8.68. The largest absolute Gasteiger partial charge is 0.371 e. The number of anilines is 1. The van der Waals surface area contributed by atoms with E-state index in [0.29, 0.717) is 11.3 Å². The summed E-state index contributed by atoms with van der Waals surface area (Å²) in [6.45, 7) is 5.70. The fourth-order valence-corrected chi connectivity index (χ4v) is 4.92. The molecule has 1 aliphatic carbocycles. The molecule has 1 aromatic carbocycles. The second-order valence-corrected chi connectivity index (χ2v) is 8.95. The van der Waals surface area contributed by atoms with Gasteiger partial charge in [0.1, 0.15) is 0 Å². The van der Waals surface area contributed by atoms with Gasteiger partial charge in [-0.3, -0.25) is 4.99 Å². The van der Waals surface area contributed by atoms with Gasteiger partial charge >= 0.3 is 0 Å². The Morgan fingerprint density at radius 2 is 2.00 bits per heavy atom. The summed E-state index contributed by atoms with van der Waals surface area (Å²) < 4.78 is 1.15. The van der Waals surface area contributed by atoms with Crippen LogP contribution in [0.15, 0.2) is 33.7 Å². The molecule has 4 rings (SSSR count). The highest BCUT2D eigenvalue weighted by Crippen LogP contribution is 2.47. The van der Waals surface area contributed by atoms with Crippen molar-refractivity contribution in [2.75, 3.05) is 44.7 Å². The van der Waals surface area contributed by atoms with Gasteiger partial charge in [-0.2, -0.15) is 0 Å². The van der Waals surface area contributed by atoms with E-state index < -0.39 is 0 Å². The van der Waals surface area contributed by atoms with E-state index in [2.05, 4.69) is 60.3 Å². The molecule has 1 N–H and O–H groups in total. The SMILES string of the molecule is CN=C(NCC1CCN(c2ccc(Br)cc2)C1)N1CCC2(CCC2)C1.I. The molecule has 2 saturated heterocycles. The molecule has 0 amide bonds. The van der Waals surface area contributed by atoms with Crippen LogP contribution in [0.5, 0.6) is 0 Å². The van der Waals surface area contributed by atoms with Crippen LogP contribution in [0, 0.1) is 11.3 Å². The van der Waals surface area contributed by atoms with Gasteiger partial charge in [0.15, 0.2) is 5.96 Å². The lowest BCUT2D eigenvalue weighted by Crippen LogP contribution is -2.44. The summed E-state index contributed by atoms with van der Waals surface area (Å²) in [5.41, 5.74) is 1.96. The van der Waals surface area contributed by atoms with Gasteiger partial charge in [-0.05, 0) is 61.3 Å². The van der Waals surface area contributed by atoms with Crippen LogP contribution in [0.25, 0.3) is 0 Å².